The summed E-state index contributed by atoms with van der Waals surface area (Å²) in [7, 11) is 1.83. The third-order valence-corrected chi connectivity index (χ3v) is 2.75. The van der Waals surface area contributed by atoms with Gasteiger partial charge in [-0.2, -0.15) is 0 Å². The van der Waals surface area contributed by atoms with E-state index in [1.165, 1.54) is 0 Å². The summed E-state index contributed by atoms with van der Waals surface area (Å²) in [4.78, 5) is 0. The molecule has 1 aliphatic rings. The van der Waals surface area contributed by atoms with Gasteiger partial charge in [0.2, 0.25) is 0 Å². The quantitative estimate of drug-likeness (QED) is 0.819. The summed E-state index contributed by atoms with van der Waals surface area (Å²) in [5.41, 5.74) is 0.299. The lowest BCUT2D eigenvalue weighted by Crippen LogP contribution is -2.38. The van der Waals surface area contributed by atoms with Crippen molar-refractivity contribution in [3.63, 3.8) is 0 Å². The Bertz CT molecular complexity index is 390. The van der Waals surface area contributed by atoms with Gasteiger partial charge in [0.1, 0.15) is 13.2 Å². The lowest BCUT2D eigenvalue weighted by atomic mass is 9.96. The molecule has 0 aliphatic carbocycles. The van der Waals surface area contributed by atoms with Crippen molar-refractivity contribution >= 4 is 0 Å². The monoisotopic (exact) mass is 237 g/mol. The third-order valence-electron chi connectivity index (χ3n) is 2.75. The number of likely N-dealkylation sites (N-methyl/N-ethyl adjacent to an activating group) is 1. The molecule has 1 aliphatic heterocycles. The van der Waals surface area contributed by atoms with Crippen LogP contribution in [0.15, 0.2) is 18.2 Å². The number of nitrogens with one attached hydrogen (secondary N) is 1. The molecule has 1 unspecified atom stereocenters. The Hall–Kier alpha value is -1.26. The molecule has 0 spiro atoms. The number of ether oxygens (including phenoxy) is 2. The summed E-state index contributed by atoms with van der Waals surface area (Å²) in [6, 6.07) is 5.82. The highest BCUT2D eigenvalue weighted by molar-refractivity contribution is 5.44. The van der Waals surface area contributed by atoms with Crippen LogP contribution in [0.2, 0.25) is 0 Å². The van der Waals surface area contributed by atoms with Crippen LogP contribution in [0.4, 0.5) is 0 Å². The molecule has 1 aromatic rings. The highest BCUT2D eigenvalue weighted by Gasteiger charge is 2.21. The standard InChI is InChI=1S/C13H19NO3/c1-13(15,9-14-2)8-10-3-4-11-12(7-10)17-6-5-16-11/h3-4,7,14-15H,5-6,8-9H2,1-2H3. The zero-order valence-corrected chi connectivity index (χ0v) is 10.3. The SMILES string of the molecule is CNCC(C)(O)Cc1ccc2c(c1)OCCO2. The van der Waals surface area contributed by atoms with Crippen LogP contribution in [0.25, 0.3) is 0 Å². The predicted octanol–water partition coefficient (Wildman–Crippen LogP) is 0.971. The van der Waals surface area contributed by atoms with Crippen LogP contribution < -0.4 is 14.8 Å². The van der Waals surface area contributed by atoms with E-state index in [4.69, 9.17) is 9.47 Å². The van der Waals surface area contributed by atoms with Gasteiger partial charge in [-0.05, 0) is 31.7 Å². The molecule has 2 N–H and O–H groups in total. The molecule has 1 aromatic carbocycles. The van der Waals surface area contributed by atoms with Crippen molar-refractivity contribution in [1.82, 2.24) is 5.32 Å². The number of aliphatic hydroxyl groups is 1. The van der Waals surface area contributed by atoms with Crippen molar-refractivity contribution in [3.8, 4) is 11.5 Å². The van der Waals surface area contributed by atoms with E-state index in [1.807, 2.05) is 32.2 Å². The van der Waals surface area contributed by atoms with Crippen molar-refractivity contribution in [1.29, 1.82) is 0 Å². The van der Waals surface area contributed by atoms with E-state index < -0.39 is 5.60 Å². The molecular weight excluding hydrogens is 218 g/mol. The first-order chi connectivity index (χ1) is 8.11. The second kappa shape index (κ2) is 4.94. The average molecular weight is 237 g/mol. The molecule has 0 radical (unpaired) electrons. The van der Waals surface area contributed by atoms with E-state index in [-0.39, 0.29) is 0 Å². The van der Waals surface area contributed by atoms with Crippen LogP contribution in [0, 0.1) is 0 Å². The number of hydrogen-bond acceptors (Lipinski definition) is 4. The first-order valence-electron chi connectivity index (χ1n) is 5.86. The summed E-state index contributed by atoms with van der Waals surface area (Å²) in [6.07, 6.45) is 0.588. The maximum Gasteiger partial charge on any atom is 0.161 e. The summed E-state index contributed by atoms with van der Waals surface area (Å²) in [6.45, 7) is 3.56. The Kier molecular flexibility index (Phi) is 3.54. The average Bonchev–Trinajstić information content (AvgIpc) is 2.28. The molecule has 0 fully saturated rings. The van der Waals surface area contributed by atoms with Gasteiger partial charge in [-0.25, -0.2) is 0 Å². The van der Waals surface area contributed by atoms with E-state index in [9.17, 15) is 5.11 Å². The van der Waals surface area contributed by atoms with Crippen LogP contribution in [-0.2, 0) is 6.42 Å². The summed E-state index contributed by atoms with van der Waals surface area (Å²) in [5, 5.41) is 13.1. The number of rotatable bonds is 4. The topological polar surface area (TPSA) is 50.7 Å². The first-order valence-corrected chi connectivity index (χ1v) is 5.86. The highest BCUT2D eigenvalue weighted by atomic mass is 16.6. The molecule has 0 saturated carbocycles. The Morgan fingerprint density at radius 1 is 1.29 bits per heavy atom. The van der Waals surface area contributed by atoms with Crippen LogP contribution in [-0.4, -0.2) is 37.5 Å². The van der Waals surface area contributed by atoms with E-state index in [0.29, 0.717) is 26.2 Å². The minimum absolute atomic E-state index is 0.557. The van der Waals surface area contributed by atoms with E-state index in [1.54, 1.807) is 0 Å². The molecule has 0 amide bonds. The van der Waals surface area contributed by atoms with Crippen molar-refractivity contribution in [2.24, 2.45) is 0 Å². The molecule has 0 aromatic heterocycles. The molecule has 4 heteroatoms. The van der Waals surface area contributed by atoms with Gasteiger partial charge in [0.05, 0.1) is 5.60 Å². The molecule has 2 rings (SSSR count). The molecule has 94 valence electrons. The maximum absolute atomic E-state index is 10.1. The number of hydrogen-bond donors (Lipinski definition) is 2. The van der Waals surface area contributed by atoms with E-state index >= 15 is 0 Å². The van der Waals surface area contributed by atoms with Crippen molar-refractivity contribution in [3.05, 3.63) is 23.8 Å². The molecular formula is C13H19NO3. The summed E-state index contributed by atoms with van der Waals surface area (Å²) < 4.78 is 11.0. The maximum atomic E-state index is 10.1. The molecule has 0 saturated heterocycles. The predicted molar refractivity (Wildman–Crippen MR) is 65.7 cm³/mol. The van der Waals surface area contributed by atoms with Gasteiger partial charge in [0, 0.05) is 13.0 Å². The van der Waals surface area contributed by atoms with Gasteiger partial charge in [0.25, 0.3) is 0 Å². The van der Waals surface area contributed by atoms with E-state index in [0.717, 1.165) is 17.1 Å². The minimum atomic E-state index is -0.751. The summed E-state index contributed by atoms with van der Waals surface area (Å²) in [5.74, 6) is 1.56. The zero-order chi connectivity index (χ0) is 12.3. The van der Waals surface area contributed by atoms with Crippen molar-refractivity contribution < 1.29 is 14.6 Å². The Morgan fingerprint density at radius 2 is 2.00 bits per heavy atom. The molecule has 1 atom stereocenters. The van der Waals surface area contributed by atoms with Gasteiger partial charge in [-0.15, -0.1) is 0 Å². The minimum Gasteiger partial charge on any atom is -0.486 e. The third kappa shape index (κ3) is 3.11. The first kappa shape index (κ1) is 12.2. The fourth-order valence-corrected chi connectivity index (χ4v) is 2.08. The molecule has 17 heavy (non-hydrogen) atoms. The molecule has 4 nitrogen and oxygen atoms in total. The lowest BCUT2D eigenvalue weighted by molar-refractivity contribution is 0.0621. The Morgan fingerprint density at radius 3 is 2.71 bits per heavy atom. The van der Waals surface area contributed by atoms with Crippen LogP contribution in [0.5, 0.6) is 11.5 Å². The van der Waals surface area contributed by atoms with Crippen LogP contribution >= 0.6 is 0 Å². The normalized spacial score (nSPS) is 17.6. The van der Waals surface area contributed by atoms with Crippen LogP contribution in [0.1, 0.15) is 12.5 Å². The molecule has 1 heterocycles. The van der Waals surface area contributed by atoms with Gasteiger partial charge in [-0.1, -0.05) is 6.07 Å². The van der Waals surface area contributed by atoms with Gasteiger partial charge >= 0.3 is 0 Å². The van der Waals surface area contributed by atoms with E-state index in [2.05, 4.69) is 5.32 Å². The summed E-state index contributed by atoms with van der Waals surface area (Å²) >= 11 is 0. The highest BCUT2D eigenvalue weighted by Crippen LogP contribution is 2.31. The van der Waals surface area contributed by atoms with Crippen molar-refractivity contribution in [2.75, 3.05) is 26.8 Å². The lowest BCUT2D eigenvalue weighted by Gasteiger charge is -2.24. The largest absolute Gasteiger partial charge is 0.486 e. The zero-order valence-electron chi connectivity index (χ0n) is 10.3. The number of fused-ring (bicyclic) bond motifs is 1. The van der Waals surface area contributed by atoms with Gasteiger partial charge < -0.3 is 19.9 Å². The molecule has 0 bridgehead atoms. The smallest absolute Gasteiger partial charge is 0.161 e. The number of benzene rings is 1. The fourth-order valence-electron chi connectivity index (χ4n) is 2.08. The Labute approximate surface area is 102 Å². The fraction of sp³-hybridized carbons (Fsp3) is 0.538. The second-order valence-corrected chi connectivity index (χ2v) is 4.68. The van der Waals surface area contributed by atoms with Crippen molar-refractivity contribution in [2.45, 2.75) is 18.9 Å². The van der Waals surface area contributed by atoms with Gasteiger partial charge in [0.15, 0.2) is 11.5 Å². The van der Waals surface area contributed by atoms with Gasteiger partial charge in [-0.3, -0.25) is 0 Å². The second-order valence-electron chi connectivity index (χ2n) is 4.68. The van der Waals surface area contributed by atoms with Crippen LogP contribution in [0.3, 0.4) is 0 Å². The Balaban J connectivity index is 2.11.